The van der Waals surface area contributed by atoms with E-state index in [9.17, 15) is 4.79 Å². The molecule has 0 unspecified atom stereocenters. The maximum atomic E-state index is 11.7. The first-order valence-corrected chi connectivity index (χ1v) is 5.88. The van der Waals surface area contributed by atoms with Gasteiger partial charge in [0.25, 0.3) is 0 Å². The fourth-order valence-electron chi connectivity index (χ4n) is 1.97. The van der Waals surface area contributed by atoms with Gasteiger partial charge in [-0.2, -0.15) is 0 Å². The van der Waals surface area contributed by atoms with Gasteiger partial charge < -0.3 is 5.32 Å². The molecule has 0 spiro atoms. The minimum absolute atomic E-state index is 0.110. The highest BCUT2D eigenvalue weighted by molar-refractivity contribution is 6.29. The lowest BCUT2D eigenvalue weighted by Gasteiger charge is -2.10. The Balaban J connectivity index is 1.87. The van der Waals surface area contributed by atoms with Crippen LogP contribution in [0.25, 0.3) is 0 Å². The van der Waals surface area contributed by atoms with Crippen LogP contribution in [0.15, 0.2) is 12.4 Å². The Kier molecular flexibility index (Phi) is 3.72. The summed E-state index contributed by atoms with van der Waals surface area (Å²) in [7, 11) is 0. The zero-order chi connectivity index (χ0) is 11.4. The highest BCUT2D eigenvalue weighted by atomic mass is 35.5. The lowest BCUT2D eigenvalue weighted by molar-refractivity contribution is -0.124. The van der Waals surface area contributed by atoms with E-state index in [1.807, 2.05) is 0 Å². The van der Waals surface area contributed by atoms with Crippen LogP contribution in [0, 0.1) is 5.92 Å². The Morgan fingerprint density at radius 3 is 2.75 bits per heavy atom. The number of nitrogens with zero attached hydrogens (tertiary/aromatic N) is 2. The summed E-state index contributed by atoms with van der Waals surface area (Å²) in [5.74, 6) is 0.287. The van der Waals surface area contributed by atoms with Crippen molar-refractivity contribution in [3.05, 3.63) is 23.2 Å². The van der Waals surface area contributed by atoms with Crippen LogP contribution in [0.5, 0.6) is 0 Å². The van der Waals surface area contributed by atoms with Gasteiger partial charge in [-0.05, 0) is 12.8 Å². The molecule has 4 nitrogen and oxygen atoms in total. The summed E-state index contributed by atoms with van der Waals surface area (Å²) in [6, 6.07) is 0. The van der Waals surface area contributed by atoms with Crippen molar-refractivity contribution in [2.45, 2.75) is 32.2 Å². The first-order valence-electron chi connectivity index (χ1n) is 5.50. The minimum atomic E-state index is 0.110. The number of rotatable bonds is 3. The summed E-state index contributed by atoms with van der Waals surface area (Å²) < 4.78 is 0. The van der Waals surface area contributed by atoms with Crippen LogP contribution in [0.4, 0.5) is 0 Å². The van der Waals surface area contributed by atoms with E-state index in [1.54, 1.807) is 6.20 Å². The van der Waals surface area contributed by atoms with Gasteiger partial charge in [-0.25, -0.2) is 4.98 Å². The Bertz CT molecular complexity index is 377. The van der Waals surface area contributed by atoms with Crippen LogP contribution in [-0.2, 0) is 11.3 Å². The van der Waals surface area contributed by atoms with E-state index in [0.717, 1.165) is 25.7 Å². The van der Waals surface area contributed by atoms with Crippen molar-refractivity contribution in [1.82, 2.24) is 15.3 Å². The predicted octanol–water partition coefficient (Wildman–Crippen LogP) is 1.94. The van der Waals surface area contributed by atoms with Crippen LogP contribution in [-0.4, -0.2) is 15.9 Å². The van der Waals surface area contributed by atoms with Crippen LogP contribution >= 0.6 is 11.6 Å². The van der Waals surface area contributed by atoms with Crippen LogP contribution in [0.1, 0.15) is 31.4 Å². The zero-order valence-corrected chi connectivity index (χ0v) is 9.70. The molecular formula is C11H14ClN3O. The maximum absolute atomic E-state index is 11.7. The maximum Gasteiger partial charge on any atom is 0.223 e. The van der Waals surface area contributed by atoms with Gasteiger partial charge in [0.2, 0.25) is 5.91 Å². The van der Waals surface area contributed by atoms with E-state index in [-0.39, 0.29) is 11.8 Å². The number of amides is 1. The number of halogens is 1. The fourth-order valence-corrected chi connectivity index (χ4v) is 2.14. The molecule has 1 fully saturated rings. The van der Waals surface area contributed by atoms with Gasteiger partial charge in [0, 0.05) is 18.3 Å². The van der Waals surface area contributed by atoms with Crippen molar-refractivity contribution >= 4 is 17.5 Å². The smallest absolute Gasteiger partial charge is 0.223 e. The fraction of sp³-hybridized carbons (Fsp3) is 0.545. The second-order valence-corrected chi connectivity index (χ2v) is 4.35. The van der Waals surface area contributed by atoms with Crippen LogP contribution < -0.4 is 5.32 Å². The standard InChI is InChI=1S/C11H14ClN3O/c12-10-9(13-5-6-14-10)7-15-11(16)8-3-1-2-4-8/h5-6,8H,1-4,7H2,(H,15,16). The molecule has 16 heavy (non-hydrogen) atoms. The van der Waals surface area contributed by atoms with Crippen molar-refractivity contribution in [1.29, 1.82) is 0 Å². The number of carbonyl (C=O) groups excluding carboxylic acids is 1. The van der Waals surface area contributed by atoms with Crippen molar-refractivity contribution < 1.29 is 4.79 Å². The second kappa shape index (κ2) is 5.25. The van der Waals surface area contributed by atoms with E-state index in [0.29, 0.717) is 17.4 Å². The average molecular weight is 240 g/mol. The van der Waals surface area contributed by atoms with Crippen molar-refractivity contribution in [2.75, 3.05) is 0 Å². The van der Waals surface area contributed by atoms with Crippen molar-refractivity contribution in [3.63, 3.8) is 0 Å². The molecule has 5 heteroatoms. The lowest BCUT2D eigenvalue weighted by Crippen LogP contribution is -2.29. The molecule has 0 aromatic carbocycles. The van der Waals surface area contributed by atoms with Gasteiger partial charge in [-0.15, -0.1) is 0 Å². The molecule has 1 heterocycles. The van der Waals surface area contributed by atoms with Gasteiger partial charge in [0.05, 0.1) is 12.2 Å². The molecule has 1 aromatic heterocycles. The normalized spacial score (nSPS) is 16.3. The van der Waals surface area contributed by atoms with Gasteiger partial charge in [0.15, 0.2) is 5.15 Å². The van der Waals surface area contributed by atoms with Gasteiger partial charge >= 0.3 is 0 Å². The highest BCUT2D eigenvalue weighted by Crippen LogP contribution is 2.24. The molecular weight excluding hydrogens is 226 g/mol. The molecule has 2 rings (SSSR count). The third-order valence-corrected chi connectivity index (χ3v) is 3.19. The van der Waals surface area contributed by atoms with E-state index in [2.05, 4.69) is 15.3 Å². The third-order valence-electron chi connectivity index (χ3n) is 2.88. The van der Waals surface area contributed by atoms with E-state index in [4.69, 9.17) is 11.6 Å². The molecule has 86 valence electrons. The summed E-state index contributed by atoms with van der Waals surface area (Å²) in [6.07, 6.45) is 7.42. The van der Waals surface area contributed by atoms with Crippen molar-refractivity contribution in [3.8, 4) is 0 Å². The Hall–Kier alpha value is -1.16. The number of aromatic nitrogens is 2. The molecule has 1 aliphatic carbocycles. The molecule has 0 saturated heterocycles. The Labute approximate surface area is 99.4 Å². The largest absolute Gasteiger partial charge is 0.350 e. The first kappa shape index (κ1) is 11.3. The van der Waals surface area contributed by atoms with Crippen molar-refractivity contribution in [2.24, 2.45) is 5.92 Å². The zero-order valence-electron chi connectivity index (χ0n) is 8.95. The molecule has 1 amide bonds. The van der Waals surface area contributed by atoms with E-state index in [1.165, 1.54) is 6.20 Å². The number of hydrogen-bond donors (Lipinski definition) is 1. The molecule has 1 saturated carbocycles. The van der Waals surface area contributed by atoms with E-state index >= 15 is 0 Å². The van der Waals surface area contributed by atoms with Crippen LogP contribution in [0.3, 0.4) is 0 Å². The average Bonchev–Trinajstić information content (AvgIpc) is 2.81. The molecule has 1 aliphatic rings. The second-order valence-electron chi connectivity index (χ2n) is 3.99. The third kappa shape index (κ3) is 2.70. The SMILES string of the molecule is O=C(NCc1nccnc1Cl)C1CCCC1. The Morgan fingerprint density at radius 2 is 2.06 bits per heavy atom. The van der Waals surface area contributed by atoms with E-state index < -0.39 is 0 Å². The molecule has 0 aliphatic heterocycles. The summed E-state index contributed by atoms with van der Waals surface area (Å²) in [6.45, 7) is 0.363. The summed E-state index contributed by atoms with van der Waals surface area (Å²) >= 11 is 5.84. The highest BCUT2D eigenvalue weighted by Gasteiger charge is 2.22. The van der Waals surface area contributed by atoms with Gasteiger partial charge in [-0.1, -0.05) is 24.4 Å². The monoisotopic (exact) mass is 239 g/mol. The summed E-state index contributed by atoms with van der Waals surface area (Å²) in [4.78, 5) is 19.7. The first-order chi connectivity index (χ1) is 7.77. The number of carbonyl (C=O) groups is 1. The molecule has 0 radical (unpaired) electrons. The molecule has 1 N–H and O–H groups in total. The predicted molar refractivity (Wildman–Crippen MR) is 60.8 cm³/mol. The Morgan fingerprint density at radius 1 is 1.38 bits per heavy atom. The van der Waals surface area contributed by atoms with Gasteiger partial charge in [-0.3, -0.25) is 9.78 Å². The summed E-state index contributed by atoms with van der Waals surface area (Å²) in [5, 5.41) is 3.21. The molecule has 0 atom stereocenters. The van der Waals surface area contributed by atoms with Crippen LogP contribution in [0.2, 0.25) is 5.15 Å². The topological polar surface area (TPSA) is 54.9 Å². The number of nitrogens with one attached hydrogen (secondary N) is 1. The molecule has 1 aromatic rings. The number of hydrogen-bond acceptors (Lipinski definition) is 3. The minimum Gasteiger partial charge on any atom is -0.350 e. The summed E-state index contributed by atoms with van der Waals surface area (Å²) in [5.41, 5.74) is 0.621. The quantitative estimate of drug-likeness (QED) is 0.877. The molecule has 0 bridgehead atoms. The lowest BCUT2D eigenvalue weighted by atomic mass is 10.1. The van der Waals surface area contributed by atoms with Gasteiger partial charge in [0.1, 0.15) is 0 Å².